The van der Waals surface area contributed by atoms with Crippen LogP contribution >= 0.6 is 15.9 Å². The summed E-state index contributed by atoms with van der Waals surface area (Å²) >= 11 is 3.54. The van der Waals surface area contributed by atoms with E-state index in [1.54, 1.807) is 6.20 Å². The minimum absolute atomic E-state index is 0.144. The van der Waals surface area contributed by atoms with Crippen LogP contribution in [0.15, 0.2) is 16.7 Å². The Balaban J connectivity index is 2.49. The zero-order chi connectivity index (χ0) is 14.0. The van der Waals surface area contributed by atoms with Crippen molar-refractivity contribution >= 4 is 15.9 Å². The van der Waals surface area contributed by atoms with Crippen molar-refractivity contribution in [2.75, 3.05) is 0 Å². The molecule has 1 atom stereocenters. The van der Waals surface area contributed by atoms with Crippen LogP contribution in [0.4, 0.5) is 0 Å². The highest BCUT2D eigenvalue weighted by atomic mass is 79.9. The Morgan fingerprint density at radius 1 is 1.47 bits per heavy atom. The molecular formula is C12H19BrN6. The van der Waals surface area contributed by atoms with Crippen molar-refractivity contribution in [3.63, 3.8) is 0 Å². The molecule has 0 aliphatic carbocycles. The molecule has 6 nitrogen and oxygen atoms in total. The lowest BCUT2D eigenvalue weighted by Gasteiger charge is -2.18. The summed E-state index contributed by atoms with van der Waals surface area (Å²) in [5, 5.41) is 8.80. The van der Waals surface area contributed by atoms with Gasteiger partial charge in [-0.05, 0) is 35.3 Å². The van der Waals surface area contributed by atoms with E-state index in [0.29, 0.717) is 0 Å². The molecule has 1 unspecified atom stereocenters. The van der Waals surface area contributed by atoms with Crippen LogP contribution in [0.5, 0.6) is 0 Å². The number of rotatable bonds is 5. The number of halogens is 1. The average Bonchev–Trinajstić information content (AvgIpc) is 2.96. The lowest BCUT2D eigenvalue weighted by molar-refractivity contribution is 0.513. The van der Waals surface area contributed by atoms with Crippen LogP contribution in [0.2, 0.25) is 0 Å². The average molecular weight is 327 g/mol. The summed E-state index contributed by atoms with van der Waals surface area (Å²) < 4.78 is 4.73. The monoisotopic (exact) mass is 326 g/mol. The van der Waals surface area contributed by atoms with Crippen molar-refractivity contribution in [2.45, 2.75) is 32.9 Å². The van der Waals surface area contributed by atoms with Gasteiger partial charge in [-0.25, -0.2) is 5.43 Å². The van der Waals surface area contributed by atoms with Crippen LogP contribution in [0.25, 0.3) is 0 Å². The van der Waals surface area contributed by atoms with Crippen molar-refractivity contribution < 1.29 is 0 Å². The van der Waals surface area contributed by atoms with Gasteiger partial charge in [0.2, 0.25) is 0 Å². The van der Waals surface area contributed by atoms with Crippen molar-refractivity contribution in [1.82, 2.24) is 25.0 Å². The first-order valence-electron chi connectivity index (χ1n) is 6.32. The van der Waals surface area contributed by atoms with Crippen molar-refractivity contribution in [1.29, 1.82) is 0 Å². The smallest absolute Gasteiger partial charge is 0.106 e. The molecule has 0 aliphatic rings. The molecule has 2 aromatic heterocycles. The largest absolute Gasteiger partial charge is 0.270 e. The quantitative estimate of drug-likeness (QED) is 0.645. The summed E-state index contributed by atoms with van der Waals surface area (Å²) in [5.41, 5.74) is 5.95. The fourth-order valence-electron chi connectivity index (χ4n) is 2.20. The molecule has 0 saturated heterocycles. The van der Waals surface area contributed by atoms with E-state index in [2.05, 4.69) is 51.5 Å². The van der Waals surface area contributed by atoms with E-state index in [-0.39, 0.29) is 6.04 Å². The van der Waals surface area contributed by atoms with Crippen LogP contribution in [0.3, 0.4) is 0 Å². The molecule has 104 valence electrons. The van der Waals surface area contributed by atoms with Crippen molar-refractivity contribution in [2.24, 2.45) is 12.9 Å². The lowest BCUT2D eigenvalue weighted by Crippen LogP contribution is -2.32. The van der Waals surface area contributed by atoms with Crippen LogP contribution in [0, 0.1) is 0 Å². The predicted octanol–water partition coefficient (Wildman–Crippen LogP) is 1.51. The Labute approximate surface area is 121 Å². The van der Waals surface area contributed by atoms with Gasteiger partial charge in [0.05, 0.1) is 27.8 Å². The van der Waals surface area contributed by atoms with E-state index in [4.69, 9.17) is 5.84 Å². The van der Waals surface area contributed by atoms with Gasteiger partial charge in [-0.1, -0.05) is 6.92 Å². The zero-order valence-electron chi connectivity index (χ0n) is 11.4. The molecule has 0 saturated carbocycles. The first-order valence-corrected chi connectivity index (χ1v) is 7.11. The summed E-state index contributed by atoms with van der Waals surface area (Å²) in [6.07, 6.45) is 2.69. The molecule has 2 rings (SSSR count). The van der Waals surface area contributed by atoms with Gasteiger partial charge in [-0.2, -0.15) is 10.2 Å². The molecule has 0 spiro atoms. The lowest BCUT2D eigenvalue weighted by atomic mass is 10.1. The minimum Gasteiger partial charge on any atom is -0.270 e. The van der Waals surface area contributed by atoms with Gasteiger partial charge in [0, 0.05) is 13.6 Å². The van der Waals surface area contributed by atoms with Crippen molar-refractivity contribution in [3.8, 4) is 0 Å². The number of nitrogens with one attached hydrogen (secondary N) is 1. The second-order valence-electron chi connectivity index (χ2n) is 4.33. The highest BCUT2D eigenvalue weighted by molar-refractivity contribution is 9.10. The zero-order valence-corrected chi connectivity index (χ0v) is 13.0. The number of aromatic nitrogens is 4. The third kappa shape index (κ3) is 2.58. The maximum Gasteiger partial charge on any atom is 0.106 e. The first kappa shape index (κ1) is 14.2. The maximum absolute atomic E-state index is 5.76. The SMILES string of the molecule is CCc1cc(C(NN)c2c(Br)cnn2CC)n(C)n1. The minimum atomic E-state index is -0.144. The second kappa shape index (κ2) is 5.85. The molecule has 3 N–H and O–H groups in total. The number of nitrogens with two attached hydrogens (primary N) is 1. The predicted molar refractivity (Wildman–Crippen MR) is 77.4 cm³/mol. The van der Waals surface area contributed by atoms with Crippen LogP contribution < -0.4 is 11.3 Å². The van der Waals surface area contributed by atoms with Crippen molar-refractivity contribution in [3.05, 3.63) is 33.8 Å². The number of hydrogen-bond donors (Lipinski definition) is 2. The summed E-state index contributed by atoms with van der Waals surface area (Å²) in [6.45, 7) is 4.93. The van der Waals surface area contributed by atoms with E-state index < -0.39 is 0 Å². The summed E-state index contributed by atoms with van der Waals surface area (Å²) in [5.74, 6) is 5.76. The van der Waals surface area contributed by atoms with Gasteiger partial charge in [-0.15, -0.1) is 0 Å². The Hall–Kier alpha value is -1.18. The Kier molecular flexibility index (Phi) is 4.38. The molecule has 0 amide bonds. The maximum atomic E-state index is 5.76. The Morgan fingerprint density at radius 2 is 2.21 bits per heavy atom. The second-order valence-corrected chi connectivity index (χ2v) is 5.19. The fourth-order valence-corrected chi connectivity index (χ4v) is 2.73. The van der Waals surface area contributed by atoms with E-state index >= 15 is 0 Å². The molecule has 0 bridgehead atoms. The van der Waals surface area contributed by atoms with Gasteiger partial charge >= 0.3 is 0 Å². The third-order valence-corrected chi connectivity index (χ3v) is 3.81. The highest BCUT2D eigenvalue weighted by Crippen LogP contribution is 2.28. The molecule has 7 heteroatoms. The molecule has 0 radical (unpaired) electrons. The topological polar surface area (TPSA) is 73.7 Å². The van der Waals surface area contributed by atoms with E-state index in [1.165, 1.54) is 0 Å². The number of nitrogens with zero attached hydrogens (tertiary/aromatic N) is 4. The summed E-state index contributed by atoms with van der Waals surface area (Å²) in [6, 6.07) is 1.93. The van der Waals surface area contributed by atoms with Gasteiger partial charge in [-0.3, -0.25) is 15.2 Å². The summed E-state index contributed by atoms with van der Waals surface area (Å²) in [7, 11) is 1.93. The third-order valence-electron chi connectivity index (χ3n) is 3.20. The van der Waals surface area contributed by atoms with Gasteiger partial charge in [0.25, 0.3) is 0 Å². The van der Waals surface area contributed by atoms with Crippen LogP contribution in [0.1, 0.15) is 37.0 Å². The van der Waals surface area contributed by atoms with E-state index in [9.17, 15) is 0 Å². The van der Waals surface area contributed by atoms with E-state index in [1.807, 2.05) is 16.4 Å². The normalized spacial score (nSPS) is 12.9. The fraction of sp³-hybridized carbons (Fsp3) is 0.500. The van der Waals surface area contributed by atoms with Crippen LogP contribution in [-0.2, 0) is 20.0 Å². The summed E-state index contributed by atoms with van der Waals surface area (Å²) in [4.78, 5) is 0. The molecule has 2 aromatic rings. The molecule has 0 aromatic carbocycles. The van der Waals surface area contributed by atoms with Gasteiger partial charge < -0.3 is 0 Å². The van der Waals surface area contributed by atoms with Gasteiger partial charge in [0.15, 0.2) is 0 Å². The van der Waals surface area contributed by atoms with Crippen LogP contribution in [-0.4, -0.2) is 19.6 Å². The molecule has 0 aliphatic heterocycles. The molecule has 0 fully saturated rings. The highest BCUT2D eigenvalue weighted by Gasteiger charge is 2.23. The number of hydrazine groups is 1. The van der Waals surface area contributed by atoms with E-state index in [0.717, 1.165) is 34.5 Å². The standard InChI is InChI=1S/C12H19BrN6/c1-4-8-6-10(18(3)17-8)11(16-14)12-9(13)7-15-19(12)5-2/h6-7,11,16H,4-5,14H2,1-3H3. The molecule has 2 heterocycles. The molecular weight excluding hydrogens is 308 g/mol. The first-order chi connectivity index (χ1) is 9.12. The Bertz CT molecular complexity index is 559. The molecule has 19 heavy (non-hydrogen) atoms. The number of hydrogen-bond acceptors (Lipinski definition) is 4. The number of aryl methyl sites for hydroxylation is 3. The Morgan fingerprint density at radius 3 is 2.74 bits per heavy atom. The van der Waals surface area contributed by atoms with Gasteiger partial charge in [0.1, 0.15) is 6.04 Å².